The molecule has 2 aromatic carbocycles. The van der Waals surface area contributed by atoms with Gasteiger partial charge in [-0.15, -0.1) is 23.4 Å². The molecule has 0 aliphatic rings. The van der Waals surface area contributed by atoms with E-state index >= 15 is 0 Å². The zero-order chi connectivity index (χ0) is 21.3. The summed E-state index contributed by atoms with van der Waals surface area (Å²) in [6.45, 7) is 3.90. The summed E-state index contributed by atoms with van der Waals surface area (Å²) in [7, 11) is 0. The Labute approximate surface area is 168 Å². The average Bonchev–Trinajstić information content (AvgIpc) is 3.32. The van der Waals surface area contributed by atoms with Gasteiger partial charge in [0, 0.05) is 5.92 Å². The topological polar surface area (TPSA) is 83.4 Å². The van der Waals surface area contributed by atoms with Gasteiger partial charge < -0.3 is 18.4 Å². The molecule has 0 amide bonds. The summed E-state index contributed by atoms with van der Waals surface area (Å²) in [6, 6.07) is 10.8. The largest absolute Gasteiger partial charge is 0.573 e. The zero-order valence-electron chi connectivity index (χ0n) is 15.9. The highest BCUT2D eigenvalue weighted by atomic mass is 19.4. The van der Waals surface area contributed by atoms with E-state index in [-0.39, 0.29) is 24.2 Å². The Hall–Kier alpha value is -3.56. The Bertz CT molecular complexity index is 1150. The van der Waals surface area contributed by atoms with Gasteiger partial charge in [0.15, 0.2) is 12.2 Å². The van der Waals surface area contributed by atoms with E-state index in [0.717, 1.165) is 5.56 Å². The van der Waals surface area contributed by atoms with Crippen molar-refractivity contribution in [3.8, 4) is 22.8 Å². The minimum Gasteiger partial charge on any atom is -0.465 e. The van der Waals surface area contributed by atoms with Crippen LogP contribution in [-0.4, -0.2) is 21.7 Å². The third-order valence-electron chi connectivity index (χ3n) is 4.17. The molecule has 2 aromatic heterocycles. The number of benzene rings is 2. The minimum atomic E-state index is -4.73. The number of halogens is 3. The summed E-state index contributed by atoms with van der Waals surface area (Å²) in [5, 5.41) is 12.4. The molecular formula is C20H16F3N3O4. The lowest BCUT2D eigenvalue weighted by Gasteiger charge is -2.09. The Morgan fingerprint density at radius 1 is 1.00 bits per heavy atom. The van der Waals surface area contributed by atoms with Crippen LogP contribution in [0.15, 0.2) is 51.4 Å². The maximum absolute atomic E-state index is 12.3. The van der Waals surface area contributed by atoms with E-state index in [9.17, 15) is 13.2 Å². The van der Waals surface area contributed by atoms with Crippen LogP contribution in [-0.2, 0) is 6.61 Å². The van der Waals surface area contributed by atoms with E-state index in [1.165, 1.54) is 24.3 Å². The Morgan fingerprint density at radius 3 is 2.40 bits per heavy atom. The molecule has 0 spiro atoms. The normalized spacial score (nSPS) is 11.9. The van der Waals surface area contributed by atoms with Gasteiger partial charge in [-0.3, -0.25) is 0 Å². The molecule has 0 N–H and O–H groups in total. The van der Waals surface area contributed by atoms with E-state index in [2.05, 4.69) is 20.1 Å². The fraction of sp³-hybridized carbons (Fsp3) is 0.250. The fourth-order valence-corrected chi connectivity index (χ4v) is 2.74. The number of alkyl halides is 3. The number of nitrogens with zero attached hydrogens (tertiary/aromatic N) is 3. The van der Waals surface area contributed by atoms with Crippen LogP contribution < -0.4 is 9.47 Å². The van der Waals surface area contributed by atoms with Crippen LogP contribution in [0.1, 0.15) is 31.5 Å². The number of hydrogen-bond donors (Lipinski definition) is 0. The van der Waals surface area contributed by atoms with Crippen LogP contribution in [0.2, 0.25) is 0 Å². The highest BCUT2D eigenvalue weighted by molar-refractivity contribution is 5.87. The number of fused-ring (bicyclic) bond motifs is 1. The van der Waals surface area contributed by atoms with Gasteiger partial charge in [-0.25, -0.2) is 0 Å². The second-order valence-electron chi connectivity index (χ2n) is 6.75. The Kier molecular flexibility index (Phi) is 5.06. The molecule has 0 saturated heterocycles. The number of aromatic nitrogens is 3. The van der Waals surface area contributed by atoms with Crippen LogP contribution in [0.5, 0.6) is 11.6 Å². The van der Waals surface area contributed by atoms with Gasteiger partial charge in [0.1, 0.15) is 5.75 Å². The summed E-state index contributed by atoms with van der Waals surface area (Å²) < 4.78 is 57.3. The maximum Gasteiger partial charge on any atom is 0.573 e. The molecule has 0 bridgehead atoms. The highest BCUT2D eigenvalue weighted by Crippen LogP contribution is 2.32. The Morgan fingerprint density at radius 2 is 1.73 bits per heavy atom. The third-order valence-corrected chi connectivity index (χ3v) is 4.17. The molecule has 0 unspecified atom stereocenters. The van der Waals surface area contributed by atoms with Crippen molar-refractivity contribution in [3.05, 3.63) is 54.2 Å². The quantitative estimate of drug-likeness (QED) is 0.409. The standard InChI is InChI=1S/C20H16F3N3O4/c1-11(2)18-25-24-17(28-18)10-27-19-15-9-13(5-8-16(15)30-26-19)12-3-6-14(7-4-12)29-20(21,22)23/h3-9,11H,10H2,1-2H3. The molecule has 0 radical (unpaired) electrons. The van der Waals surface area contributed by atoms with E-state index in [0.29, 0.717) is 28.3 Å². The van der Waals surface area contributed by atoms with E-state index in [4.69, 9.17) is 13.7 Å². The van der Waals surface area contributed by atoms with Gasteiger partial charge in [-0.2, -0.15) is 0 Å². The van der Waals surface area contributed by atoms with Crippen molar-refractivity contribution in [2.75, 3.05) is 0 Å². The molecule has 4 rings (SSSR count). The molecular weight excluding hydrogens is 403 g/mol. The van der Waals surface area contributed by atoms with E-state index in [1.54, 1.807) is 18.2 Å². The van der Waals surface area contributed by atoms with E-state index < -0.39 is 6.36 Å². The first-order chi connectivity index (χ1) is 14.3. The monoisotopic (exact) mass is 419 g/mol. The van der Waals surface area contributed by atoms with Crippen molar-refractivity contribution in [1.82, 2.24) is 15.4 Å². The number of hydrogen-bond acceptors (Lipinski definition) is 7. The summed E-state index contributed by atoms with van der Waals surface area (Å²) in [6.07, 6.45) is -4.73. The van der Waals surface area contributed by atoms with Crippen molar-refractivity contribution in [2.24, 2.45) is 0 Å². The van der Waals surface area contributed by atoms with Crippen LogP contribution in [0, 0.1) is 0 Å². The molecule has 4 aromatic rings. The minimum absolute atomic E-state index is 0.0229. The summed E-state index contributed by atoms with van der Waals surface area (Å²) in [4.78, 5) is 0. The van der Waals surface area contributed by atoms with Gasteiger partial charge in [-0.1, -0.05) is 32.0 Å². The zero-order valence-corrected chi connectivity index (χ0v) is 15.9. The first kappa shape index (κ1) is 19.7. The summed E-state index contributed by atoms with van der Waals surface area (Å²) in [5.41, 5.74) is 1.94. The van der Waals surface area contributed by atoms with Crippen molar-refractivity contribution >= 4 is 11.0 Å². The van der Waals surface area contributed by atoms with Crippen molar-refractivity contribution in [1.29, 1.82) is 0 Å². The molecule has 0 saturated carbocycles. The maximum atomic E-state index is 12.3. The predicted molar refractivity (Wildman–Crippen MR) is 98.8 cm³/mol. The van der Waals surface area contributed by atoms with Gasteiger partial charge in [0.2, 0.25) is 5.89 Å². The average molecular weight is 419 g/mol. The second-order valence-corrected chi connectivity index (χ2v) is 6.75. The highest BCUT2D eigenvalue weighted by Gasteiger charge is 2.31. The number of ether oxygens (including phenoxy) is 2. The van der Waals surface area contributed by atoms with Crippen LogP contribution >= 0.6 is 0 Å². The molecule has 7 nitrogen and oxygen atoms in total. The fourth-order valence-electron chi connectivity index (χ4n) is 2.74. The molecule has 10 heteroatoms. The van der Waals surface area contributed by atoms with Gasteiger partial charge in [0.05, 0.1) is 5.39 Å². The van der Waals surface area contributed by atoms with Crippen molar-refractivity contribution in [2.45, 2.75) is 32.7 Å². The lowest BCUT2D eigenvalue weighted by atomic mass is 10.0. The van der Waals surface area contributed by atoms with Crippen LogP contribution in [0.3, 0.4) is 0 Å². The molecule has 0 aliphatic carbocycles. The first-order valence-corrected chi connectivity index (χ1v) is 8.99. The molecule has 156 valence electrons. The van der Waals surface area contributed by atoms with Crippen LogP contribution in [0.25, 0.3) is 22.1 Å². The molecule has 0 atom stereocenters. The van der Waals surface area contributed by atoms with Crippen molar-refractivity contribution < 1.29 is 31.6 Å². The molecule has 0 aliphatic heterocycles. The Balaban J connectivity index is 1.53. The first-order valence-electron chi connectivity index (χ1n) is 8.99. The lowest BCUT2D eigenvalue weighted by molar-refractivity contribution is -0.274. The van der Waals surface area contributed by atoms with Gasteiger partial charge in [-0.05, 0) is 40.5 Å². The summed E-state index contributed by atoms with van der Waals surface area (Å²) in [5.74, 6) is 0.884. The van der Waals surface area contributed by atoms with Gasteiger partial charge >= 0.3 is 6.36 Å². The van der Waals surface area contributed by atoms with Crippen molar-refractivity contribution in [3.63, 3.8) is 0 Å². The predicted octanol–water partition coefficient (Wildman–Crippen LogP) is 5.48. The van der Waals surface area contributed by atoms with E-state index in [1.807, 2.05) is 13.8 Å². The second kappa shape index (κ2) is 7.69. The molecule has 0 fully saturated rings. The SMILES string of the molecule is CC(C)c1nnc(COc2noc3ccc(-c4ccc(OC(F)(F)F)cc4)cc23)o1. The third kappa shape index (κ3) is 4.37. The van der Waals surface area contributed by atoms with Crippen LogP contribution in [0.4, 0.5) is 13.2 Å². The number of rotatable bonds is 6. The summed E-state index contributed by atoms with van der Waals surface area (Å²) >= 11 is 0. The molecule has 2 heterocycles. The smallest absolute Gasteiger partial charge is 0.465 e. The van der Waals surface area contributed by atoms with Gasteiger partial charge in [0.25, 0.3) is 11.8 Å². The molecule has 30 heavy (non-hydrogen) atoms. The lowest BCUT2D eigenvalue weighted by Crippen LogP contribution is -2.16.